The second-order valence-corrected chi connectivity index (χ2v) is 2.58. The Kier molecular flexibility index (Phi) is 2.46. The summed E-state index contributed by atoms with van der Waals surface area (Å²) in [5.74, 6) is -2.24. The standard InChI is InChI=1S/C8H6F4N2/c9-6-4(7(13)14)2-1-3-5(6)8(10,11)12/h1-3H,(H3,13,14). The molecule has 3 N–H and O–H groups in total. The lowest BCUT2D eigenvalue weighted by Crippen LogP contribution is -2.17. The molecule has 0 saturated carbocycles. The maximum absolute atomic E-state index is 13.1. The number of benzene rings is 1. The van der Waals surface area contributed by atoms with Gasteiger partial charge < -0.3 is 5.73 Å². The van der Waals surface area contributed by atoms with Crippen molar-refractivity contribution in [2.24, 2.45) is 5.73 Å². The smallest absolute Gasteiger partial charge is 0.384 e. The van der Waals surface area contributed by atoms with Crippen LogP contribution in [0.4, 0.5) is 17.6 Å². The minimum atomic E-state index is -4.77. The lowest BCUT2D eigenvalue weighted by atomic mass is 10.1. The van der Waals surface area contributed by atoms with Crippen LogP contribution in [-0.4, -0.2) is 5.84 Å². The molecule has 2 nitrogen and oxygen atoms in total. The first-order valence-corrected chi connectivity index (χ1v) is 3.54. The van der Waals surface area contributed by atoms with E-state index in [1.165, 1.54) is 0 Å². The minimum Gasteiger partial charge on any atom is -0.384 e. The Morgan fingerprint density at radius 1 is 1.29 bits per heavy atom. The van der Waals surface area contributed by atoms with Crippen molar-refractivity contribution in [3.8, 4) is 0 Å². The number of halogens is 4. The van der Waals surface area contributed by atoms with Gasteiger partial charge in [-0.25, -0.2) is 4.39 Å². The first-order valence-electron chi connectivity index (χ1n) is 3.54. The summed E-state index contributed by atoms with van der Waals surface area (Å²) in [5, 5.41) is 6.85. The molecule has 0 aliphatic rings. The highest BCUT2D eigenvalue weighted by molar-refractivity contribution is 5.95. The molecular weight excluding hydrogens is 200 g/mol. The maximum atomic E-state index is 13.1. The van der Waals surface area contributed by atoms with Crippen molar-refractivity contribution in [3.63, 3.8) is 0 Å². The molecule has 1 aromatic rings. The van der Waals surface area contributed by atoms with E-state index in [0.717, 1.165) is 12.1 Å². The van der Waals surface area contributed by atoms with Gasteiger partial charge in [-0.3, -0.25) is 5.41 Å². The Labute approximate surface area is 76.8 Å². The number of nitrogen functional groups attached to an aromatic ring is 1. The molecule has 0 aliphatic heterocycles. The summed E-state index contributed by atoms with van der Waals surface area (Å²) in [6.07, 6.45) is -4.77. The van der Waals surface area contributed by atoms with E-state index < -0.39 is 29.0 Å². The highest BCUT2D eigenvalue weighted by Crippen LogP contribution is 2.32. The van der Waals surface area contributed by atoms with Crippen molar-refractivity contribution in [1.29, 1.82) is 5.41 Å². The number of alkyl halides is 3. The van der Waals surface area contributed by atoms with E-state index in [-0.39, 0.29) is 0 Å². The number of rotatable bonds is 1. The first kappa shape index (κ1) is 10.5. The summed E-state index contributed by atoms with van der Waals surface area (Å²) < 4.78 is 49.5. The van der Waals surface area contributed by atoms with Crippen LogP contribution in [0.5, 0.6) is 0 Å². The molecule has 0 bridgehead atoms. The molecule has 0 aromatic heterocycles. The van der Waals surface area contributed by atoms with Gasteiger partial charge in [-0.1, -0.05) is 6.07 Å². The third kappa shape index (κ3) is 1.84. The Morgan fingerprint density at radius 3 is 2.29 bits per heavy atom. The van der Waals surface area contributed by atoms with Crippen LogP contribution >= 0.6 is 0 Å². The van der Waals surface area contributed by atoms with Gasteiger partial charge in [0, 0.05) is 0 Å². The highest BCUT2D eigenvalue weighted by atomic mass is 19.4. The quantitative estimate of drug-likeness (QED) is 0.412. The van der Waals surface area contributed by atoms with Gasteiger partial charge in [0.25, 0.3) is 0 Å². The Balaban J connectivity index is 3.35. The van der Waals surface area contributed by atoms with Gasteiger partial charge in [-0.05, 0) is 12.1 Å². The molecule has 0 aliphatic carbocycles. The topological polar surface area (TPSA) is 49.9 Å². The van der Waals surface area contributed by atoms with Crippen LogP contribution in [-0.2, 0) is 6.18 Å². The van der Waals surface area contributed by atoms with Gasteiger partial charge in [0.2, 0.25) is 0 Å². The molecule has 0 fully saturated rings. The summed E-state index contributed by atoms with van der Waals surface area (Å²) in [6, 6.07) is 2.62. The summed E-state index contributed by atoms with van der Waals surface area (Å²) in [7, 11) is 0. The van der Waals surface area contributed by atoms with Crippen molar-refractivity contribution in [2.45, 2.75) is 6.18 Å². The number of hydrogen-bond acceptors (Lipinski definition) is 1. The van der Waals surface area contributed by atoms with E-state index in [1.807, 2.05) is 0 Å². The normalized spacial score (nSPS) is 11.4. The Hall–Kier alpha value is -1.59. The van der Waals surface area contributed by atoms with Gasteiger partial charge in [0.1, 0.15) is 11.7 Å². The predicted octanol–water partition coefficient (Wildman–Crippen LogP) is 2.13. The second kappa shape index (κ2) is 3.28. The van der Waals surface area contributed by atoms with E-state index in [0.29, 0.717) is 6.07 Å². The van der Waals surface area contributed by atoms with Crippen molar-refractivity contribution >= 4 is 5.84 Å². The molecule has 0 spiro atoms. The summed E-state index contributed by atoms with van der Waals surface area (Å²) in [6.45, 7) is 0. The fourth-order valence-electron chi connectivity index (χ4n) is 0.959. The molecule has 14 heavy (non-hydrogen) atoms. The van der Waals surface area contributed by atoms with E-state index in [1.54, 1.807) is 0 Å². The average molecular weight is 206 g/mol. The largest absolute Gasteiger partial charge is 0.419 e. The molecule has 0 amide bonds. The molecule has 6 heteroatoms. The van der Waals surface area contributed by atoms with E-state index >= 15 is 0 Å². The van der Waals surface area contributed by atoms with Gasteiger partial charge in [-0.2, -0.15) is 13.2 Å². The zero-order valence-electron chi connectivity index (χ0n) is 6.82. The zero-order chi connectivity index (χ0) is 10.9. The molecule has 76 valence electrons. The van der Waals surface area contributed by atoms with Crippen molar-refractivity contribution < 1.29 is 17.6 Å². The Bertz CT molecular complexity index is 370. The van der Waals surface area contributed by atoms with Gasteiger partial charge in [-0.15, -0.1) is 0 Å². The molecule has 1 rings (SSSR count). The van der Waals surface area contributed by atoms with Gasteiger partial charge in [0.15, 0.2) is 0 Å². The minimum absolute atomic E-state index is 0.542. The summed E-state index contributed by atoms with van der Waals surface area (Å²) >= 11 is 0. The lowest BCUT2D eigenvalue weighted by Gasteiger charge is -2.09. The van der Waals surface area contributed by atoms with Crippen LogP contribution in [0, 0.1) is 11.2 Å². The van der Waals surface area contributed by atoms with Crippen molar-refractivity contribution in [2.75, 3.05) is 0 Å². The second-order valence-electron chi connectivity index (χ2n) is 2.58. The van der Waals surface area contributed by atoms with Crippen LogP contribution in [0.25, 0.3) is 0 Å². The summed E-state index contributed by atoms with van der Waals surface area (Å²) in [5.41, 5.74) is 2.95. The maximum Gasteiger partial charge on any atom is 0.419 e. The molecule has 1 aromatic carbocycles. The Morgan fingerprint density at radius 2 is 1.86 bits per heavy atom. The van der Waals surface area contributed by atoms with Crippen LogP contribution in [0.15, 0.2) is 18.2 Å². The van der Waals surface area contributed by atoms with Crippen molar-refractivity contribution in [1.82, 2.24) is 0 Å². The molecule has 0 atom stereocenters. The van der Waals surface area contributed by atoms with E-state index in [9.17, 15) is 17.6 Å². The number of nitrogens with two attached hydrogens (primary N) is 1. The monoisotopic (exact) mass is 206 g/mol. The predicted molar refractivity (Wildman–Crippen MR) is 42.4 cm³/mol. The first-order chi connectivity index (χ1) is 6.34. The highest BCUT2D eigenvalue weighted by Gasteiger charge is 2.34. The molecule has 0 saturated heterocycles. The third-order valence-electron chi connectivity index (χ3n) is 1.59. The van der Waals surface area contributed by atoms with Crippen LogP contribution in [0.1, 0.15) is 11.1 Å². The average Bonchev–Trinajstić information content (AvgIpc) is 2.01. The van der Waals surface area contributed by atoms with Crippen LogP contribution < -0.4 is 5.73 Å². The third-order valence-corrected chi connectivity index (χ3v) is 1.59. The van der Waals surface area contributed by atoms with E-state index in [2.05, 4.69) is 0 Å². The van der Waals surface area contributed by atoms with Crippen LogP contribution in [0.2, 0.25) is 0 Å². The lowest BCUT2D eigenvalue weighted by molar-refractivity contribution is -0.140. The summed E-state index contributed by atoms with van der Waals surface area (Å²) in [4.78, 5) is 0. The van der Waals surface area contributed by atoms with Crippen LogP contribution in [0.3, 0.4) is 0 Å². The van der Waals surface area contributed by atoms with Gasteiger partial charge in [0.05, 0.1) is 11.1 Å². The number of amidine groups is 1. The van der Waals surface area contributed by atoms with Crippen molar-refractivity contribution in [3.05, 3.63) is 35.1 Å². The molecular formula is C8H6F4N2. The number of hydrogen-bond donors (Lipinski definition) is 2. The van der Waals surface area contributed by atoms with E-state index in [4.69, 9.17) is 11.1 Å². The fraction of sp³-hybridized carbons (Fsp3) is 0.125. The van der Waals surface area contributed by atoms with Gasteiger partial charge >= 0.3 is 6.18 Å². The zero-order valence-corrected chi connectivity index (χ0v) is 6.82. The molecule has 0 radical (unpaired) electrons. The number of nitrogens with one attached hydrogen (secondary N) is 1. The molecule has 0 unspecified atom stereocenters. The molecule has 0 heterocycles. The SMILES string of the molecule is N=C(N)c1cccc(C(F)(F)F)c1F. The fourth-order valence-corrected chi connectivity index (χ4v) is 0.959.